The van der Waals surface area contributed by atoms with E-state index in [1.807, 2.05) is 27.7 Å². The van der Waals surface area contributed by atoms with Crippen LogP contribution in [0.2, 0.25) is 0 Å². The SMILES string of the molecule is C=C1C2CC(=O)C(C(C)OC(C)=O)C2C(C2(C)CO2)C(OC(=O)C(C)CC)C1OC(=O)C=C(C)CC. The average Bonchev–Trinajstić information content (AvgIpc) is 3.45. The minimum atomic E-state index is -0.922. The third-order valence-electron chi connectivity index (χ3n) is 8.18. The molecule has 9 atom stereocenters. The van der Waals surface area contributed by atoms with Crippen LogP contribution in [-0.2, 0) is 38.1 Å². The van der Waals surface area contributed by atoms with E-state index >= 15 is 0 Å². The molecule has 0 aromatic rings. The van der Waals surface area contributed by atoms with Gasteiger partial charge in [0.15, 0.2) is 6.10 Å². The predicted molar refractivity (Wildman–Crippen MR) is 132 cm³/mol. The van der Waals surface area contributed by atoms with Crippen LogP contribution in [-0.4, -0.2) is 54.2 Å². The molecule has 1 heterocycles. The Morgan fingerprint density at radius 3 is 2.36 bits per heavy atom. The summed E-state index contributed by atoms with van der Waals surface area (Å²) in [6.45, 7) is 17.1. The summed E-state index contributed by atoms with van der Waals surface area (Å²) < 4.78 is 23.3. The Morgan fingerprint density at radius 2 is 1.83 bits per heavy atom. The lowest BCUT2D eigenvalue weighted by atomic mass is 9.61. The Labute approximate surface area is 213 Å². The van der Waals surface area contributed by atoms with Crippen LogP contribution >= 0.6 is 0 Å². The zero-order valence-electron chi connectivity index (χ0n) is 22.5. The molecule has 0 amide bonds. The highest BCUT2D eigenvalue weighted by Gasteiger charge is 2.67. The number of ether oxygens (including phenoxy) is 4. The standard InChI is InChI=1S/C28H40O8/c1-9-14(3)11-21(31)35-25-16(5)19-12-20(30)22(17(6)34-18(7)29)23(19)24(28(8)13-33-28)26(25)36-27(32)15(4)10-2/h11,15,17,19,22-26H,5,9-10,12-13H2,1-4,6-8H3. The van der Waals surface area contributed by atoms with Crippen molar-refractivity contribution in [3.05, 3.63) is 23.8 Å². The summed E-state index contributed by atoms with van der Waals surface area (Å²) in [7, 11) is 0. The van der Waals surface area contributed by atoms with E-state index in [-0.39, 0.29) is 30.0 Å². The molecule has 3 aliphatic rings. The number of allylic oxidation sites excluding steroid dienone is 1. The third-order valence-corrected chi connectivity index (χ3v) is 8.18. The highest BCUT2D eigenvalue weighted by atomic mass is 16.6. The molecule has 2 saturated carbocycles. The van der Waals surface area contributed by atoms with Gasteiger partial charge in [-0.15, -0.1) is 0 Å². The quantitative estimate of drug-likeness (QED) is 0.153. The number of fused-ring (bicyclic) bond motifs is 1. The van der Waals surface area contributed by atoms with Gasteiger partial charge in [0.2, 0.25) is 0 Å². The number of epoxide rings is 1. The predicted octanol–water partition coefficient (Wildman–Crippen LogP) is 3.96. The minimum Gasteiger partial charge on any atom is -0.462 e. The maximum absolute atomic E-state index is 13.3. The van der Waals surface area contributed by atoms with Crippen LogP contribution in [0.4, 0.5) is 0 Å². The van der Waals surface area contributed by atoms with Crippen LogP contribution in [0.5, 0.6) is 0 Å². The molecule has 200 valence electrons. The zero-order chi connectivity index (χ0) is 26.9. The van der Waals surface area contributed by atoms with E-state index in [2.05, 4.69) is 6.58 Å². The number of esters is 3. The van der Waals surface area contributed by atoms with Gasteiger partial charge in [-0.1, -0.05) is 32.9 Å². The van der Waals surface area contributed by atoms with Crippen LogP contribution in [0.15, 0.2) is 23.8 Å². The minimum absolute atomic E-state index is 0.0464. The molecule has 36 heavy (non-hydrogen) atoms. The van der Waals surface area contributed by atoms with Crippen molar-refractivity contribution < 1.29 is 38.1 Å². The number of hydrogen-bond acceptors (Lipinski definition) is 8. The van der Waals surface area contributed by atoms with Crippen molar-refractivity contribution in [2.75, 3.05) is 6.61 Å². The Balaban J connectivity index is 2.07. The fourth-order valence-corrected chi connectivity index (χ4v) is 5.76. The molecule has 0 aromatic heterocycles. The first-order chi connectivity index (χ1) is 16.8. The summed E-state index contributed by atoms with van der Waals surface area (Å²) in [5.41, 5.74) is 0.722. The van der Waals surface area contributed by atoms with Gasteiger partial charge in [-0.2, -0.15) is 0 Å². The fraction of sp³-hybridized carbons (Fsp3) is 0.714. The topological polar surface area (TPSA) is 109 Å². The highest BCUT2D eigenvalue weighted by Crippen LogP contribution is 2.58. The molecule has 0 bridgehead atoms. The molecular weight excluding hydrogens is 464 g/mol. The summed E-state index contributed by atoms with van der Waals surface area (Å²) in [5.74, 6) is -3.54. The lowest BCUT2D eigenvalue weighted by molar-refractivity contribution is -0.183. The van der Waals surface area contributed by atoms with Crippen LogP contribution in [0, 0.1) is 29.6 Å². The second-order valence-corrected chi connectivity index (χ2v) is 10.8. The number of hydrogen-bond donors (Lipinski definition) is 0. The molecule has 1 aliphatic heterocycles. The van der Waals surface area contributed by atoms with E-state index in [4.69, 9.17) is 18.9 Å². The third kappa shape index (κ3) is 5.58. The first-order valence-electron chi connectivity index (χ1n) is 12.9. The number of Topliss-reactive ketones (excluding diaryl/α,β-unsaturated/α-hetero) is 1. The van der Waals surface area contributed by atoms with Crippen molar-refractivity contribution in [2.45, 2.75) is 91.6 Å². The Bertz CT molecular complexity index is 945. The van der Waals surface area contributed by atoms with Gasteiger partial charge >= 0.3 is 17.9 Å². The number of ketones is 1. The van der Waals surface area contributed by atoms with Crippen molar-refractivity contribution in [3.8, 4) is 0 Å². The smallest absolute Gasteiger partial charge is 0.331 e. The van der Waals surface area contributed by atoms with Crippen LogP contribution in [0.25, 0.3) is 0 Å². The number of rotatable bonds is 9. The molecular formula is C28H40O8. The number of carbonyl (C=O) groups excluding carboxylic acids is 4. The molecule has 0 N–H and O–H groups in total. The molecule has 2 aliphatic carbocycles. The monoisotopic (exact) mass is 504 g/mol. The van der Waals surface area contributed by atoms with Crippen molar-refractivity contribution in [2.24, 2.45) is 29.6 Å². The van der Waals surface area contributed by atoms with Gasteiger partial charge in [0.25, 0.3) is 0 Å². The van der Waals surface area contributed by atoms with E-state index < -0.39 is 53.7 Å². The molecule has 9 unspecified atom stereocenters. The fourth-order valence-electron chi connectivity index (χ4n) is 5.76. The van der Waals surface area contributed by atoms with Crippen molar-refractivity contribution in [1.82, 2.24) is 0 Å². The van der Waals surface area contributed by atoms with Crippen LogP contribution in [0.1, 0.15) is 67.7 Å². The molecule has 8 heteroatoms. The molecule has 0 radical (unpaired) electrons. The van der Waals surface area contributed by atoms with Gasteiger partial charge in [0, 0.05) is 25.3 Å². The van der Waals surface area contributed by atoms with Gasteiger partial charge in [-0.25, -0.2) is 4.79 Å². The molecule has 3 rings (SSSR count). The first-order valence-corrected chi connectivity index (χ1v) is 12.9. The Kier molecular flexibility index (Phi) is 8.48. The van der Waals surface area contributed by atoms with Gasteiger partial charge in [0.05, 0.1) is 24.0 Å². The van der Waals surface area contributed by atoms with E-state index in [0.29, 0.717) is 25.0 Å². The van der Waals surface area contributed by atoms with Crippen molar-refractivity contribution in [1.29, 1.82) is 0 Å². The lowest BCUT2D eigenvalue weighted by Gasteiger charge is -2.48. The van der Waals surface area contributed by atoms with Gasteiger partial charge < -0.3 is 18.9 Å². The summed E-state index contributed by atoms with van der Waals surface area (Å²) in [6.07, 6.45) is 0.432. The van der Waals surface area contributed by atoms with E-state index in [1.54, 1.807) is 13.8 Å². The van der Waals surface area contributed by atoms with Crippen molar-refractivity contribution in [3.63, 3.8) is 0 Å². The maximum atomic E-state index is 13.3. The lowest BCUT2D eigenvalue weighted by Crippen LogP contribution is -2.57. The number of carbonyl (C=O) groups is 4. The largest absolute Gasteiger partial charge is 0.462 e. The first kappa shape index (κ1) is 28.1. The Morgan fingerprint density at radius 1 is 1.19 bits per heavy atom. The van der Waals surface area contributed by atoms with E-state index in [1.165, 1.54) is 13.0 Å². The Hall–Kier alpha value is -2.48. The summed E-state index contributed by atoms with van der Waals surface area (Å²) in [6, 6.07) is 0. The summed E-state index contributed by atoms with van der Waals surface area (Å²) >= 11 is 0. The van der Waals surface area contributed by atoms with Gasteiger partial charge in [-0.05, 0) is 51.0 Å². The summed E-state index contributed by atoms with van der Waals surface area (Å²) in [5, 5.41) is 0. The van der Waals surface area contributed by atoms with Crippen LogP contribution in [0.3, 0.4) is 0 Å². The molecule has 0 aromatic carbocycles. The molecule has 8 nitrogen and oxygen atoms in total. The van der Waals surface area contributed by atoms with Gasteiger partial charge in [0.1, 0.15) is 18.0 Å². The zero-order valence-corrected chi connectivity index (χ0v) is 22.5. The highest BCUT2D eigenvalue weighted by molar-refractivity contribution is 5.86. The second kappa shape index (κ2) is 10.9. The summed E-state index contributed by atoms with van der Waals surface area (Å²) in [4.78, 5) is 50.9. The van der Waals surface area contributed by atoms with E-state index in [0.717, 1.165) is 5.57 Å². The van der Waals surface area contributed by atoms with Crippen LogP contribution < -0.4 is 0 Å². The van der Waals surface area contributed by atoms with Crippen molar-refractivity contribution >= 4 is 23.7 Å². The maximum Gasteiger partial charge on any atom is 0.331 e. The average molecular weight is 505 g/mol. The molecule has 3 fully saturated rings. The molecule has 1 saturated heterocycles. The molecule has 0 spiro atoms. The van der Waals surface area contributed by atoms with Gasteiger partial charge in [-0.3, -0.25) is 14.4 Å². The second-order valence-electron chi connectivity index (χ2n) is 10.8. The van der Waals surface area contributed by atoms with E-state index in [9.17, 15) is 19.2 Å². The normalized spacial score (nSPS) is 35.5.